The van der Waals surface area contributed by atoms with Crippen LogP contribution in [-0.4, -0.2) is 16.6 Å². The molecule has 2 rings (SSSR count). The van der Waals surface area contributed by atoms with E-state index in [0.29, 0.717) is 21.6 Å². The van der Waals surface area contributed by atoms with Crippen LogP contribution in [0, 0.1) is 10.1 Å². The SMILES string of the molecule is C[C@@H](NC(=O)CSCc1ccc([N+](=O)[O-])cc1)c1ccc(Cl)c(Cl)c1. The fourth-order valence-corrected chi connectivity index (χ4v) is 3.23. The van der Waals surface area contributed by atoms with Gasteiger partial charge in [0.05, 0.1) is 26.8 Å². The number of nitro groups is 1. The van der Waals surface area contributed by atoms with Crippen molar-refractivity contribution >= 4 is 46.6 Å². The molecule has 5 nitrogen and oxygen atoms in total. The van der Waals surface area contributed by atoms with Crippen LogP contribution in [0.25, 0.3) is 0 Å². The summed E-state index contributed by atoms with van der Waals surface area (Å²) in [5, 5.41) is 14.4. The summed E-state index contributed by atoms with van der Waals surface area (Å²) in [6.07, 6.45) is 0. The van der Waals surface area contributed by atoms with Gasteiger partial charge in [0.2, 0.25) is 5.91 Å². The average Bonchev–Trinajstić information content (AvgIpc) is 2.57. The lowest BCUT2D eigenvalue weighted by Gasteiger charge is -2.15. The van der Waals surface area contributed by atoms with Crippen LogP contribution in [0.1, 0.15) is 24.1 Å². The Labute approximate surface area is 159 Å². The number of nitro benzene ring substituents is 1. The Kier molecular flexibility index (Phi) is 7.11. The molecule has 0 saturated carbocycles. The zero-order valence-electron chi connectivity index (χ0n) is 13.4. The Morgan fingerprint density at radius 3 is 2.48 bits per heavy atom. The summed E-state index contributed by atoms with van der Waals surface area (Å²) in [4.78, 5) is 22.2. The van der Waals surface area contributed by atoms with Gasteiger partial charge >= 0.3 is 0 Å². The molecular weight excluding hydrogens is 383 g/mol. The number of non-ortho nitro benzene ring substituents is 1. The first-order valence-electron chi connectivity index (χ1n) is 7.42. The number of carbonyl (C=O) groups is 1. The van der Waals surface area contributed by atoms with E-state index >= 15 is 0 Å². The van der Waals surface area contributed by atoms with Gasteiger partial charge in [-0.3, -0.25) is 14.9 Å². The number of amides is 1. The summed E-state index contributed by atoms with van der Waals surface area (Å²) in [6.45, 7) is 1.87. The van der Waals surface area contributed by atoms with Gasteiger partial charge in [0.1, 0.15) is 0 Å². The molecule has 132 valence electrons. The number of benzene rings is 2. The number of halogens is 2. The molecule has 25 heavy (non-hydrogen) atoms. The van der Waals surface area contributed by atoms with E-state index in [4.69, 9.17) is 23.2 Å². The molecule has 0 spiro atoms. The standard InChI is InChI=1S/C17H16Cl2N2O3S/c1-11(13-4-7-15(18)16(19)8-13)20-17(22)10-25-9-12-2-5-14(6-3-12)21(23)24/h2-8,11H,9-10H2,1H3,(H,20,22)/t11-/m1/s1. The number of rotatable bonds is 7. The van der Waals surface area contributed by atoms with Gasteiger partial charge in [0.25, 0.3) is 5.69 Å². The van der Waals surface area contributed by atoms with Crippen LogP contribution >= 0.6 is 35.0 Å². The van der Waals surface area contributed by atoms with Crippen molar-refractivity contribution in [3.63, 3.8) is 0 Å². The molecule has 0 bridgehead atoms. The molecule has 0 aliphatic carbocycles. The lowest BCUT2D eigenvalue weighted by molar-refractivity contribution is -0.384. The van der Waals surface area contributed by atoms with E-state index in [2.05, 4.69) is 5.32 Å². The molecule has 2 aromatic rings. The summed E-state index contributed by atoms with van der Waals surface area (Å²) < 4.78 is 0. The van der Waals surface area contributed by atoms with E-state index in [1.165, 1.54) is 23.9 Å². The van der Waals surface area contributed by atoms with Gasteiger partial charge in [-0.15, -0.1) is 11.8 Å². The number of hydrogen-bond donors (Lipinski definition) is 1. The number of carbonyl (C=O) groups excluding carboxylic acids is 1. The van der Waals surface area contributed by atoms with Crippen LogP contribution in [0.5, 0.6) is 0 Å². The number of thioether (sulfide) groups is 1. The molecule has 2 aromatic carbocycles. The molecule has 1 N–H and O–H groups in total. The Balaban J connectivity index is 1.79. The van der Waals surface area contributed by atoms with E-state index in [1.54, 1.807) is 24.3 Å². The maximum Gasteiger partial charge on any atom is 0.269 e. The third-order valence-electron chi connectivity index (χ3n) is 3.47. The predicted octanol–water partition coefficient (Wildman–Crippen LogP) is 5.01. The molecule has 0 unspecified atom stereocenters. The van der Waals surface area contributed by atoms with Crippen LogP contribution < -0.4 is 5.32 Å². The van der Waals surface area contributed by atoms with E-state index in [0.717, 1.165) is 11.1 Å². The van der Waals surface area contributed by atoms with Crippen molar-refractivity contribution in [3.05, 3.63) is 73.8 Å². The van der Waals surface area contributed by atoms with Crippen molar-refractivity contribution in [2.24, 2.45) is 0 Å². The van der Waals surface area contributed by atoms with Crippen LogP contribution in [0.4, 0.5) is 5.69 Å². The second-order valence-corrected chi connectivity index (χ2v) is 7.18. The predicted molar refractivity (Wildman–Crippen MR) is 102 cm³/mol. The highest BCUT2D eigenvalue weighted by molar-refractivity contribution is 7.99. The van der Waals surface area contributed by atoms with Gasteiger partial charge in [-0.25, -0.2) is 0 Å². The number of nitrogens with one attached hydrogen (secondary N) is 1. The van der Waals surface area contributed by atoms with Crippen LogP contribution in [0.15, 0.2) is 42.5 Å². The van der Waals surface area contributed by atoms with Crippen molar-refractivity contribution in [1.82, 2.24) is 5.32 Å². The Morgan fingerprint density at radius 2 is 1.88 bits per heavy atom. The Hall–Kier alpha value is -1.76. The highest BCUT2D eigenvalue weighted by atomic mass is 35.5. The zero-order chi connectivity index (χ0) is 18.4. The quantitative estimate of drug-likeness (QED) is 0.525. The van der Waals surface area contributed by atoms with Gasteiger partial charge < -0.3 is 5.32 Å². The molecule has 0 saturated heterocycles. The fourth-order valence-electron chi connectivity index (χ4n) is 2.12. The molecule has 0 fully saturated rings. The Morgan fingerprint density at radius 1 is 1.20 bits per heavy atom. The van der Waals surface area contributed by atoms with Crippen molar-refractivity contribution < 1.29 is 9.72 Å². The third kappa shape index (κ3) is 5.92. The minimum Gasteiger partial charge on any atom is -0.349 e. The highest BCUT2D eigenvalue weighted by Gasteiger charge is 2.11. The van der Waals surface area contributed by atoms with Crippen molar-refractivity contribution in [3.8, 4) is 0 Å². The lowest BCUT2D eigenvalue weighted by atomic mass is 10.1. The smallest absolute Gasteiger partial charge is 0.269 e. The molecule has 8 heteroatoms. The molecule has 1 amide bonds. The van der Waals surface area contributed by atoms with E-state index in [-0.39, 0.29) is 17.6 Å². The largest absolute Gasteiger partial charge is 0.349 e. The maximum atomic E-state index is 12.0. The molecule has 0 aliphatic heterocycles. The summed E-state index contributed by atoms with van der Waals surface area (Å²) in [7, 11) is 0. The number of nitrogens with zero attached hydrogens (tertiary/aromatic N) is 1. The first-order valence-corrected chi connectivity index (χ1v) is 9.33. The fraction of sp³-hybridized carbons (Fsp3) is 0.235. The molecule has 1 atom stereocenters. The van der Waals surface area contributed by atoms with Crippen LogP contribution in [0.3, 0.4) is 0 Å². The summed E-state index contributed by atoms with van der Waals surface area (Å²) >= 11 is 13.3. The molecule has 0 heterocycles. The summed E-state index contributed by atoms with van der Waals surface area (Å²) in [5.41, 5.74) is 1.87. The van der Waals surface area contributed by atoms with Gasteiger partial charge in [0, 0.05) is 17.9 Å². The third-order valence-corrected chi connectivity index (χ3v) is 5.21. The second kappa shape index (κ2) is 9.08. The van der Waals surface area contributed by atoms with E-state index in [9.17, 15) is 14.9 Å². The summed E-state index contributed by atoms with van der Waals surface area (Å²) in [6, 6.07) is 11.4. The maximum absolute atomic E-state index is 12.0. The first-order chi connectivity index (χ1) is 11.9. The minimum atomic E-state index is -0.436. The lowest BCUT2D eigenvalue weighted by Crippen LogP contribution is -2.28. The van der Waals surface area contributed by atoms with Crippen LogP contribution in [-0.2, 0) is 10.5 Å². The summed E-state index contributed by atoms with van der Waals surface area (Å²) in [5.74, 6) is 0.806. The van der Waals surface area contributed by atoms with Gasteiger partial charge in [-0.2, -0.15) is 0 Å². The molecule has 0 radical (unpaired) electrons. The highest BCUT2D eigenvalue weighted by Crippen LogP contribution is 2.25. The van der Waals surface area contributed by atoms with Crippen LogP contribution in [0.2, 0.25) is 10.0 Å². The van der Waals surface area contributed by atoms with Crippen molar-refractivity contribution in [2.45, 2.75) is 18.7 Å². The topological polar surface area (TPSA) is 72.2 Å². The van der Waals surface area contributed by atoms with Gasteiger partial charge in [-0.05, 0) is 30.2 Å². The van der Waals surface area contributed by atoms with Crippen molar-refractivity contribution in [2.75, 3.05) is 5.75 Å². The minimum absolute atomic E-state index is 0.0574. The van der Waals surface area contributed by atoms with Gasteiger partial charge in [0.15, 0.2) is 0 Å². The normalized spacial score (nSPS) is 11.8. The monoisotopic (exact) mass is 398 g/mol. The average molecular weight is 399 g/mol. The zero-order valence-corrected chi connectivity index (χ0v) is 15.7. The molecular formula is C17H16Cl2N2O3S. The van der Waals surface area contributed by atoms with E-state index in [1.807, 2.05) is 13.0 Å². The first kappa shape index (κ1) is 19.6. The molecule has 0 aliphatic rings. The second-order valence-electron chi connectivity index (χ2n) is 5.38. The van der Waals surface area contributed by atoms with Crippen molar-refractivity contribution in [1.29, 1.82) is 0 Å². The van der Waals surface area contributed by atoms with E-state index < -0.39 is 4.92 Å². The van der Waals surface area contributed by atoms with Gasteiger partial charge in [-0.1, -0.05) is 41.4 Å². The Bertz CT molecular complexity index is 769. The molecule has 0 aromatic heterocycles. The number of hydrogen-bond acceptors (Lipinski definition) is 4.